The fourth-order valence-corrected chi connectivity index (χ4v) is 1.87. The molecule has 0 saturated heterocycles. The van der Waals surface area contributed by atoms with Gasteiger partial charge in [0.1, 0.15) is 5.69 Å². The van der Waals surface area contributed by atoms with Crippen molar-refractivity contribution in [3.05, 3.63) is 32.8 Å². The average molecular weight is 302 g/mol. The number of nitrogens with zero attached hydrogens (tertiary/aromatic N) is 1. The summed E-state index contributed by atoms with van der Waals surface area (Å²) in [5.41, 5.74) is 0.650. The van der Waals surface area contributed by atoms with Crippen molar-refractivity contribution in [1.29, 1.82) is 0 Å². The standard InChI is InChI=1S/C11H16BrN3O2/c1-8(6-13-2)7-14-10-5-9(12)3-4-11(10)15(16)17/h3-5,8,13-14H,6-7H2,1-2H3. The van der Waals surface area contributed by atoms with E-state index < -0.39 is 0 Å². The topological polar surface area (TPSA) is 67.2 Å². The fourth-order valence-electron chi connectivity index (χ4n) is 1.51. The van der Waals surface area contributed by atoms with Crippen molar-refractivity contribution in [2.45, 2.75) is 6.92 Å². The molecule has 0 radical (unpaired) electrons. The van der Waals surface area contributed by atoms with Crippen molar-refractivity contribution < 1.29 is 4.92 Å². The van der Waals surface area contributed by atoms with Crippen LogP contribution in [0.1, 0.15) is 6.92 Å². The predicted molar refractivity (Wildman–Crippen MR) is 72.4 cm³/mol. The minimum absolute atomic E-state index is 0.102. The molecule has 1 aromatic carbocycles. The summed E-state index contributed by atoms with van der Waals surface area (Å²) in [6.07, 6.45) is 0. The Morgan fingerprint density at radius 1 is 1.47 bits per heavy atom. The number of rotatable bonds is 6. The van der Waals surface area contributed by atoms with Gasteiger partial charge < -0.3 is 10.6 Å². The average Bonchev–Trinajstić information content (AvgIpc) is 2.26. The summed E-state index contributed by atoms with van der Waals surface area (Å²) in [7, 11) is 1.89. The van der Waals surface area contributed by atoms with Gasteiger partial charge >= 0.3 is 0 Å². The van der Waals surface area contributed by atoms with Gasteiger partial charge in [0.05, 0.1) is 4.92 Å². The van der Waals surface area contributed by atoms with Crippen molar-refractivity contribution in [1.82, 2.24) is 5.32 Å². The first-order chi connectivity index (χ1) is 8.04. The molecule has 0 amide bonds. The molecule has 1 unspecified atom stereocenters. The second-order valence-electron chi connectivity index (χ2n) is 3.96. The molecule has 0 bridgehead atoms. The lowest BCUT2D eigenvalue weighted by Crippen LogP contribution is -2.23. The zero-order chi connectivity index (χ0) is 12.8. The Balaban J connectivity index is 2.75. The Hall–Kier alpha value is -1.14. The van der Waals surface area contributed by atoms with E-state index in [9.17, 15) is 10.1 Å². The zero-order valence-electron chi connectivity index (χ0n) is 9.87. The van der Waals surface area contributed by atoms with Crippen molar-refractivity contribution in [3.63, 3.8) is 0 Å². The summed E-state index contributed by atoms with van der Waals surface area (Å²) in [6, 6.07) is 4.89. The Kier molecular flexibility index (Phi) is 5.37. The number of hydrogen-bond acceptors (Lipinski definition) is 4. The maximum absolute atomic E-state index is 10.8. The van der Waals surface area contributed by atoms with Gasteiger partial charge in [-0.25, -0.2) is 0 Å². The number of benzene rings is 1. The monoisotopic (exact) mass is 301 g/mol. The van der Waals surface area contributed by atoms with Crippen LogP contribution in [0.2, 0.25) is 0 Å². The van der Waals surface area contributed by atoms with Crippen LogP contribution in [0.25, 0.3) is 0 Å². The molecule has 1 rings (SSSR count). The molecule has 0 aromatic heterocycles. The van der Waals surface area contributed by atoms with Gasteiger partial charge in [-0.05, 0) is 31.6 Å². The maximum atomic E-state index is 10.8. The first kappa shape index (κ1) is 13.9. The second-order valence-corrected chi connectivity index (χ2v) is 4.88. The highest BCUT2D eigenvalue weighted by molar-refractivity contribution is 9.10. The molecule has 1 aromatic rings. The predicted octanol–water partition coefficient (Wildman–Crippen LogP) is 2.62. The lowest BCUT2D eigenvalue weighted by atomic mass is 10.1. The quantitative estimate of drug-likeness (QED) is 0.626. The van der Waals surface area contributed by atoms with Crippen LogP contribution in [0, 0.1) is 16.0 Å². The third-order valence-corrected chi connectivity index (χ3v) is 2.84. The Morgan fingerprint density at radius 2 is 2.18 bits per heavy atom. The van der Waals surface area contributed by atoms with Crippen molar-refractivity contribution in [3.8, 4) is 0 Å². The van der Waals surface area contributed by atoms with Crippen LogP contribution in [0.3, 0.4) is 0 Å². The summed E-state index contributed by atoms with van der Waals surface area (Å²) in [5.74, 6) is 0.401. The zero-order valence-corrected chi connectivity index (χ0v) is 11.5. The van der Waals surface area contributed by atoms with Gasteiger partial charge in [0.15, 0.2) is 0 Å². The van der Waals surface area contributed by atoms with Gasteiger partial charge in [-0.1, -0.05) is 22.9 Å². The molecule has 17 heavy (non-hydrogen) atoms. The van der Waals surface area contributed by atoms with E-state index in [-0.39, 0.29) is 10.6 Å². The van der Waals surface area contributed by atoms with E-state index in [0.29, 0.717) is 18.2 Å². The van der Waals surface area contributed by atoms with Gasteiger partial charge in [0.25, 0.3) is 5.69 Å². The van der Waals surface area contributed by atoms with Gasteiger partial charge in [-0.2, -0.15) is 0 Å². The summed E-state index contributed by atoms with van der Waals surface area (Å²) in [4.78, 5) is 10.5. The van der Waals surface area contributed by atoms with Crippen LogP contribution in [0.5, 0.6) is 0 Å². The summed E-state index contributed by atoms with van der Waals surface area (Å²) >= 11 is 3.31. The number of nitro benzene ring substituents is 1. The third kappa shape index (κ3) is 4.32. The van der Waals surface area contributed by atoms with E-state index in [0.717, 1.165) is 11.0 Å². The molecule has 94 valence electrons. The van der Waals surface area contributed by atoms with Crippen LogP contribution in [0.15, 0.2) is 22.7 Å². The fraction of sp³-hybridized carbons (Fsp3) is 0.455. The number of nitro groups is 1. The largest absolute Gasteiger partial charge is 0.379 e. The maximum Gasteiger partial charge on any atom is 0.292 e. The minimum Gasteiger partial charge on any atom is -0.379 e. The van der Waals surface area contributed by atoms with E-state index in [1.54, 1.807) is 12.1 Å². The molecule has 0 spiro atoms. The van der Waals surface area contributed by atoms with Crippen LogP contribution in [-0.2, 0) is 0 Å². The van der Waals surface area contributed by atoms with Gasteiger partial charge in [0, 0.05) is 17.1 Å². The first-order valence-electron chi connectivity index (χ1n) is 5.37. The Labute approximate surface area is 109 Å². The Morgan fingerprint density at radius 3 is 2.76 bits per heavy atom. The SMILES string of the molecule is CNCC(C)CNc1cc(Br)ccc1[N+](=O)[O-]. The summed E-state index contributed by atoms with van der Waals surface area (Å²) in [5, 5.41) is 17.0. The molecule has 2 N–H and O–H groups in total. The number of anilines is 1. The van der Waals surface area contributed by atoms with E-state index in [4.69, 9.17) is 0 Å². The van der Waals surface area contributed by atoms with Crippen molar-refractivity contribution >= 4 is 27.3 Å². The van der Waals surface area contributed by atoms with Gasteiger partial charge in [-0.15, -0.1) is 0 Å². The summed E-state index contributed by atoms with van der Waals surface area (Å²) < 4.78 is 0.826. The van der Waals surface area contributed by atoms with E-state index in [1.807, 2.05) is 7.05 Å². The number of hydrogen-bond donors (Lipinski definition) is 2. The Bertz CT molecular complexity index is 398. The van der Waals surface area contributed by atoms with Crippen molar-refractivity contribution in [2.24, 2.45) is 5.92 Å². The molecule has 0 aliphatic carbocycles. The second kappa shape index (κ2) is 6.56. The highest BCUT2D eigenvalue weighted by atomic mass is 79.9. The third-order valence-electron chi connectivity index (χ3n) is 2.35. The molecule has 0 fully saturated rings. The molecule has 0 aliphatic heterocycles. The van der Waals surface area contributed by atoms with Crippen LogP contribution >= 0.6 is 15.9 Å². The molecule has 0 aliphatic rings. The molecule has 6 heteroatoms. The van der Waals surface area contributed by atoms with Crippen LogP contribution < -0.4 is 10.6 Å². The highest BCUT2D eigenvalue weighted by Gasteiger charge is 2.14. The smallest absolute Gasteiger partial charge is 0.292 e. The first-order valence-corrected chi connectivity index (χ1v) is 6.16. The van der Waals surface area contributed by atoms with Crippen molar-refractivity contribution in [2.75, 3.05) is 25.5 Å². The molecule has 5 nitrogen and oxygen atoms in total. The van der Waals surface area contributed by atoms with E-state index in [2.05, 4.69) is 33.5 Å². The lowest BCUT2D eigenvalue weighted by molar-refractivity contribution is -0.384. The van der Waals surface area contributed by atoms with Gasteiger partial charge in [-0.3, -0.25) is 10.1 Å². The number of nitrogens with one attached hydrogen (secondary N) is 2. The van der Waals surface area contributed by atoms with Crippen LogP contribution in [-0.4, -0.2) is 25.1 Å². The van der Waals surface area contributed by atoms with Gasteiger partial charge in [0.2, 0.25) is 0 Å². The van der Waals surface area contributed by atoms with E-state index >= 15 is 0 Å². The molecular formula is C11H16BrN3O2. The normalized spacial score (nSPS) is 12.2. The highest BCUT2D eigenvalue weighted by Crippen LogP contribution is 2.27. The summed E-state index contributed by atoms with van der Waals surface area (Å²) in [6.45, 7) is 3.64. The number of halogens is 1. The minimum atomic E-state index is -0.377. The van der Waals surface area contributed by atoms with Crippen LogP contribution in [0.4, 0.5) is 11.4 Å². The molecular weight excluding hydrogens is 286 g/mol. The molecule has 1 atom stereocenters. The molecule has 0 heterocycles. The van der Waals surface area contributed by atoms with E-state index in [1.165, 1.54) is 6.07 Å². The molecule has 0 saturated carbocycles. The lowest BCUT2D eigenvalue weighted by Gasteiger charge is -2.13.